The van der Waals surface area contributed by atoms with Crippen molar-refractivity contribution < 1.29 is 20.1 Å². The number of nitrogens with zero attached hydrogens (tertiary/aromatic N) is 5. The van der Waals surface area contributed by atoms with Crippen LogP contribution in [-0.2, 0) is 20.1 Å². The molecular weight excluding hydrogens is 693 g/mol. The Morgan fingerprint density at radius 3 is 2.29 bits per heavy atom. The fourth-order valence-corrected chi connectivity index (χ4v) is 6.12. The van der Waals surface area contributed by atoms with E-state index in [0.717, 1.165) is 22.6 Å². The Kier molecular flexibility index (Phi) is 6.69. The largest absolute Gasteiger partial charge is 3.00 e. The first-order valence-electron chi connectivity index (χ1n) is 13.7. The van der Waals surface area contributed by atoms with Crippen LogP contribution in [0.5, 0.6) is 0 Å². The summed E-state index contributed by atoms with van der Waals surface area (Å²) in [6.07, 6.45) is 4.01. The number of hydrogen-bond acceptors (Lipinski definition) is 4. The molecule has 7 heteroatoms. The van der Waals surface area contributed by atoms with Crippen LogP contribution < -0.4 is 20.8 Å². The molecule has 5 nitrogen and oxygen atoms in total. The maximum Gasteiger partial charge on any atom is 3.00 e. The van der Waals surface area contributed by atoms with E-state index in [0.29, 0.717) is 0 Å². The van der Waals surface area contributed by atoms with Gasteiger partial charge in [0.05, 0.1) is 5.52 Å². The summed E-state index contributed by atoms with van der Waals surface area (Å²) in [6.45, 7) is 2.07. The van der Waals surface area contributed by atoms with Gasteiger partial charge in [-0.15, -0.1) is 11.8 Å². The smallest absolute Gasteiger partial charge is 0.510 e. The van der Waals surface area contributed by atoms with Crippen molar-refractivity contribution in [2.75, 3.05) is 16.8 Å². The van der Waals surface area contributed by atoms with Crippen molar-refractivity contribution in [3.05, 3.63) is 146 Å². The molecule has 0 spiro atoms. The minimum atomic E-state index is 0. The van der Waals surface area contributed by atoms with E-state index < -0.39 is 0 Å². The summed E-state index contributed by atoms with van der Waals surface area (Å²) < 4.78 is 2.10. The minimum absolute atomic E-state index is 0. The molecule has 6 aromatic rings. The summed E-state index contributed by atoms with van der Waals surface area (Å²) in [5, 5.41) is 6.17. The molecule has 3 aliphatic heterocycles. The van der Waals surface area contributed by atoms with Gasteiger partial charge < -0.3 is 14.6 Å². The fraction of sp³-hybridized carbons (Fsp3) is 0.0286. The molecule has 0 N–H and O–H groups in total. The van der Waals surface area contributed by atoms with Crippen molar-refractivity contribution >= 4 is 45.9 Å². The Balaban J connectivity index is 0.000000188. The van der Waals surface area contributed by atoms with Crippen LogP contribution in [0.2, 0.25) is 0 Å². The van der Waals surface area contributed by atoms with E-state index in [-0.39, 0.29) is 27.0 Å². The Bertz CT molecular complexity index is 1940. The first-order valence-corrected chi connectivity index (χ1v) is 13.7. The van der Waals surface area contributed by atoms with Gasteiger partial charge >= 0.3 is 27.0 Å². The molecule has 202 valence electrons. The Morgan fingerprint density at radius 1 is 0.714 bits per heavy atom. The molecule has 0 fully saturated rings. The van der Waals surface area contributed by atoms with Crippen LogP contribution in [0.15, 0.2) is 128 Å². The van der Waals surface area contributed by atoms with Crippen molar-refractivity contribution in [3.63, 3.8) is 0 Å². The second-order valence-corrected chi connectivity index (χ2v) is 10.3. The third-order valence-electron chi connectivity index (χ3n) is 7.87. The number of benzene rings is 5. The van der Waals surface area contributed by atoms with Gasteiger partial charge in [-0.3, -0.25) is 4.68 Å². The molecule has 1 aromatic heterocycles. The van der Waals surface area contributed by atoms with Crippen LogP contribution in [0.4, 0.5) is 17.1 Å². The van der Waals surface area contributed by atoms with E-state index >= 15 is 0 Å². The second-order valence-electron chi connectivity index (χ2n) is 10.3. The molecule has 4 heterocycles. The first kappa shape index (κ1) is 26.3. The molecule has 0 saturated carbocycles. The quantitative estimate of drug-likeness (QED) is 0.157. The number of para-hydroxylation sites is 3. The van der Waals surface area contributed by atoms with Gasteiger partial charge in [-0.1, -0.05) is 66.4 Å². The summed E-state index contributed by atoms with van der Waals surface area (Å²) in [5.41, 5.74) is 10.5. The van der Waals surface area contributed by atoms with E-state index in [4.69, 9.17) is 5.10 Å². The van der Waals surface area contributed by atoms with Crippen LogP contribution >= 0.6 is 0 Å². The predicted octanol–water partition coefficient (Wildman–Crippen LogP) is 5.89. The molecule has 0 saturated heterocycles. The van der Waals surface area contributed by atoms with Gasteiger partial charge in [0.25, 0.3) is 0 Å². The number of aromatic nitrogens is 2. The van der Waals surface area contributed by atoms with Gasteiger partial charge in [-0.05, 0) is 48.3 Å². The van der Waals surface area contributed by atoms with Crippen LogP contribution in [0.1, 0.15) is 0 Å². The molecule has 0 aliphatic carbocycles. The number of fused-ring (bicyclic) bond motifs is 13. The summed E-state index contributed by atoms with van der Waals surface area (Å²) in [4.78, 5) is 6.49. The van der Waals surface area contributed by atoms with E-state index in [1.54, 1.807) is 0 Å². The Morgan fingerprint density at radius 2 is 1.45 bits per heavy atom. The maximum absolute atomic E-state index is 4.97. The van der Waals surface area contributed by atoms with E-state index in [9.17, 15) is 0 Å². The van der Waals surface area contributed by atoms with E-state index in [1.165, 1.54) is 33.3 Å². The maximum atomic E-state index is 4.97. The van der Waals surface area contributed by atoms with Crippen molar-refractivity contribution in [1.82, 2.24) is 14.7 Å². The summed E-state index contributed by atoms with van der Waals surface area (Å²) in [5.74, 6) is 0. The van der Waals surface area contributed by atoms with Crippen LogP contribution in [0.25, 0.3) is 27.7 Å². The first-order chi connectivity index (χ1) is 20.3. The summed E-state index contributed by atoms with van der Waals surface area (Å²) in [7, 11) is 2.00. The second kappa shape index (κ2) is 10.7. The van der Waals surface area contributed by atoms with Crippen molar-refractivity contribution in [1.29, 1.82) is 0 Å². The SMILES string of the molecule is CN1C=CN(c2[c-]cccc2)[CH-]1.[Ir+3].[c-]1cccc2c1-n1nc3ccccc3c1B1c3ccccc3-c3ccccc3N12. The molecule has 9 rings (SSSR count). The molecule has 0 unspecified atom stereocenters. The van der Waals surface area contributed by atoms with Crippen molar-refractivity contribution in [2.45, 2.75) is 0 Å². The third-order valence-corrected chi connectivity index (χ3v) is 7.87. The molecule has 5 aromatic carbocycles. The molecule has 42 heavy (non-hydrogen) atoms. The van der Waals surface area contributed by atoms with E-state index in [2.05, 4.69) is 107 Å². The zero-order valence-corrected chi connectivity index (χ0v) is 25.2. The van der Waals surface area contributed by atoms with Crippen LogP contribution in [-0.4, -0.2) is 28.6 Å². The zero-order chi connectivity index (χ0) is 27.3. The average molecular weight is 719 g/mol. The average Bonchev–Trinajstić information content (AvgIpc) is 3.66. The van der Waals surface area contributed by atoms with Gasteiger partial charge in [0.2, 0.25) is 0 Å². The Hall–Kier alpha value is -4.58. The Labute approximate surface area is 259 Å². The van der Waals surface area contributed by atoms with Gasteiger partial charge in [0.15, 0.2) is 0 Å². The minimum Gasteiger partial charge on any atom is -0.510 e. The normalized spacial score (nSPS) is 13.7. The summed E-state index contributed by atoms with van der Waals surface area (Å²) in [6, 6.07) is 46.6. The van der Waals surface area contributed by atoms with Gasteiger partial charge in [-0.2, -0.15) is 60.3 Å². The molecular formula is C35H25BIrN5. The monoisotopic (exact) mass is 719 g/mol. The third kappa shape index (κ3) is 4.16. The van der Waals surface area contributed by atoms with E-state index in [1.807, 2.05) is 66.2 Å². The molecule has 0 amide bonds. The van der Waals surface area contributed by atoms with Gasteiger partial charge in [0, 0.05) is 22.2 Å². The molecule has 0 atom stereocenters. The van der Waals surface area contributed by atoms with Gasteiger partial charge in [-0.25, -0.2) is 0 Å². The number of rotatable bonds is 1. The number of anilines is 3. The van der Waals surface area contributed by atoms with Gasteiger partial charge in [0.1, 0.15) is 0 Å². The number of hydrogen-bond donors (Lipinski definition) is 0. The van der Waals surface area contributed by atoms with Crippen LogP contribution in [0, 0.1) is 18.8 Å². The standard InChI is InChI=1S/C25H15BN3.C10H10N2.Ir/c1-4-12-20-17(9-1)18-10-3-6-14-22(18)28-23-15-7-8-16-24(23)29-25(26(20)28)19-11-2-5-13-21(19)27-29;1-11-7-8-12(9-11)10-5-3-2-4-6-10;/h1-15H;2-5,7-9H,1H3;/q-1;-2;+3. The fourth-order valence-electron chi connectivity index (χ4n) is 6.12. The predicted molar refractivity (Wildman–Crippen MR) is 168 cm³/mol. The molecule has 0 bridgehead atoms. The topological polar surface area (TPSA) is 27.5 Å². The zero-order valence-electron chi connectivity index (χ0n) is 22.8. The molecule has 0 radical (unpaired) electrons. The van der Waals surface area contributed by atoms with Crippen molar-refractivity contribution in [3.8, 4) is 16.8 Å². The summed E-state index contributed by atoms with van der Waals surface area (Å²) >= 11 is 0. The molecule has 3 aliphatic rings. The van der Waals surface area contributed by atoms with Crippen molar-refractivity contribution in [2.24, 2.45) is 0 Å². The van der Waals surface area contributed by atoms with Crippen LogP contribution in [0.3, 0.4) is 0 Å².